The summed E-state index contributed by atoms with van der Waals surface area (Å²) in [5.74, 6) is -3.49. The first-order valence-corrected chi connectivity index (χ1v) is 7.12. The fourth-order valence-corrected chi connectivity index (χ4v) is 2.14. The number of aliphatic carboxylic acids is 1. The molecule has 0 aliphatic rings. The van der Waals surface area contributed by atoms with Gasteiger partial charge in [-0.3, -0.25) is 9.59 Å². The molecule has 0 spiro atoms. The van der Waals surface area contributed by atoms with E-state index < -0.39 is 29.1 Å². The number of nitrogens with one attached hydrogen (secondary N) is 1. The molecule has 5 nitrogen and oxygen atoms in total. The molecule has 0 saturated heterocycles. The summed E-state index contributed by atoms with van der Waals surface area (Å²) in [6, 6.07) is 2.77. The minimum Gasteiger partial charge on any atom is -0.481 e. The second-order valence-corrected chi connectivity index (χ2v) is 5.55. The first-order chi connectivity index (χ1) is 9.72. The predicted molar refractivity (Wildman–Crippen MR) is 73.9 cm³/mol. The molecule has 1 aromatic rings. The number of amides is 1. The van der Waals surface area contributed by atoms with Crippen LogP contribution in [0.1, 0.15) is 12.5 Å². The van der Waals surface area contributed by atoms with E-state index in [1.54, 1.807) is 0 Å². The van der Waals surface area contributed by atoms with E-state index in [0.29, 0.717) is 6.07 Å². The van der Waals surface area contributed by atoms with Crippen molar-refractivity contribution in [1.82, 2.24) is 5.32 Å². The Bertz CT molecular complexity index is 537. The van der Waals surface area contributed by atoms with Gasteiger partial charge < -0.3 is 15.5 Å². The zero-order chi connectivity index (χ0) is 16.0. The lowest BCUT2D eigenvalue weighted by Gasteiger charge is -2.24. The first-order valence-electron chi connectivity index (χ1n) is 5.96. The van der Waals surface area contributed by atoms with Crippen molar-refractivity contribution in [2.24, 2.45) is 0 Å². The van der Waals surface area contributed by atoms with E-state index in [-0.39, 0.29) is 23.6 Å². The molecular weight excluding hydrogens is 304 g/mol. The van der Waals surface area contributed by atoms with Crippen molar-refractivity contribution >= 4 is 23.6 Å². The summed E-state index contributed by atoms with van der Waals surface area (Å²) in [4.78, 5) is 21.7. The van der Waals surface area contributed by atoms with Crippen molar-refractivity contribution in [2.45, 2.75) is 12.5 Å². The van der Waals surface area contributed by atoms with Gasteiger partial charge in [-0.05, 0) is 13.0 Å². The fourth-order valence-electron chi connectivity index (χ4n) is 1.57. The summed E-state index contributed by atoms with van der Waals surface area (Å²) in [5, 5.41) is 20.9. The van der Waals surface area contributed by atoms with Crippen LogP contribution in [0.15, 0.2) is 18.2 Å². The first kappa shape index (κ1) is 17.4. The lowest BCUT2D eigenvalue weighted by Crippen LogP contribution is -2.40. The monoisotopic (exact) mass is 319 g/mol. The Balaban J connectivity index is 2.56. The van der Waals surface area contributed by atoms with Crippen molar-refractivity contribution in [1.29, 1.82) is 0 Å². The van der Waals surface area contributed by atoms with Crippen LogP contribution in [0.4, 0.5) is 8.78 Å². The number of thioether (sulfide) groups is 1. The largest absolute Gasteiger partial charge is 0.481 e. The average Bonchev–Trinajstić information content (AvgIpc) is 2.35. The van der Waals surface area contributed by atoms with Crippen molar-refractivity contribution in [3.63, 3.8) is 0 Å². The van der Waals surface area contributed by atoms with Gasteiger partial charge in [-0.1, -0.05) is 6.07 Å². The number of carbonyl (C=O) groups is 2. The number of rotatable bonds is 7. The third-order valence-corrected chi connectivity index (χ3v) is 3.52. The third kappa shape index (κ3) is 5.68. The molecule has 0 aliphatic carbocycles. The van der Waals surface area contributed by atoms with Crippen LogP contribution in [0, 0.1) is 11.6 Å². The van der Waals surface area contributed by atoms with Gasteiger partial charge in [0.25, 0.3) is 0 Å². The molecule has 8 heteroatoms. The maximum Gasteiger partial charge on any atom is 0.313 e. The zero-order valence-corrected chi connectivity index (χ0v) is 12.0. The number of hydrogen-bond donors (Lipinski definition) is 3. The normalized spacial score (nSPS) is 13.5. The highest BCUT2D eigenvalue weighted by Gasteiger charge is 2.27. The number of carboxylic acids is 1. The third-order valence-electron chi connectivity index (χ3n) is 2.60. The second-order valence-electron chi connectivity index (χ2n) is 4.56. The van der Waals surface area contributed by atoms with Crippen LogP contribution in [-0.4, -0.2) is 40.1 Å². The minimum atomic E-state index is -1.70. The van der Waals surface area contributed by atoms with Crippen LogP contribution >= 0.6 is 11.8 Å². The second kappa shape index (κ2) is 7.37. The summed E-state index contributed by atoms with van der Waals surface area (Å²) < 4.78 is 26.4. The Kier molecular flexibility index (Phi) is 6.10. The molecule has 3 N–H and O–H groups in total. The molecule has 0 saturated carbocycles. The molecule has 0 aromatic heterocycles. The molecule has 0 heterocycles. The summed E-state index contributed by atoms with van der Waals surface area (Å²) in [5.41, 5.74) is -1.84. The van der Waals surface area contributed by atoms with Crippen molar-refractivity contribution in [3.8, 4) is 0 Å². The number of carboxylic acid groups (broad SMARTS) is 1. The maximum absolute atomic E-state index is 13.6. The smallest absolute Gasteiger partial charge is 0.313 e. The number of halogens is 2. The molecule has 1 unspecified atom stereocenters. The molecule has 0 aliphatic heterocycles. The molecule has 21 heavy (non-hydrogen) atoms. The predicted octanol–water partition coefficient (Wildman–Crippen LogP) is 1.11. The van der Waals surface area contributed by atoms with Gasteiger partial charge in [0, 0.05) is 11.6 Å². The molecule has 0 bridgehead atoms. The number of carbonyl (C=O) groups excluding carboxylic acids is 1. The molecule has 1 aromatic carbocycles. The van der Waals surface area contributed by atoms with Gasteiger partial charge in [-0.2, -0.15) is 0 Å². The van der Waals surface area contributed by atoms with Gasteiger partial charge in [-0.15, -0.1) is 11.8 Å². The summed E-state index contributed by atoms with van der Waals surface area (Å²) in [6.07, 6.45) is 0. The van der Waals surface area contributed by atoms with Gasteiger partial charge in [-0.25, -0.2) is 8.78 Å². The highest BCUT2D eigenvalue weighted by molar-refractivity contribution is 8.00. The van der Waals surface area contributed by atoms with Crippen LogP contribution in [0.3, 0.4) is 0 Å². The van der Waals surface area contributed by atoms with E-state index in [2.05, 4.69) is 5.32 Å². The standard InChI is InChI=1S/C13H15F2NO4S/c1-13(20,9-3-2-8(14)4-10(9)15)7-16-11(17)5-21-6-12(18)19/h2-4,20H,5-7H2,1H3,(H,16,17)(H,18,19). The van der Waals surface area contributed by atoms with Crippen molar-refractivity contribution in [2.75, 3.05) is 18.1 Å². The Labute approximate surface area is 124 Å². The lowest BCUT2D eigenvalue weighted by molar-refractivity contribution is -0.133. The van der Waals surface area contributed by atoms with Crippen LogP contribution < -0.4 is 5.32 Å². The van der Waals surface area contributed by atoms with E-state index in [4.69, 9.17) is 5.11 Å². The van der Waals surface area contributed by atoms with E-state index >= 15 is 0 Å². The summed E-state index contributed by atoms with van der Waals surface area (Å²) in [6.45, 7) is 1.01. The molecule has 0 fully saturated rings. The topological polar surface area (TPSA) is 86.6 Å². The minimum absolute atomic E-state index is 0.0890. The van der Waals surface area contributed by atoms with Crippen molar-refractivity contribution < 1.29 is 28.6 Å². The zero-order valence-electron chi connectivity index (χ0n) is 11.2. The SMILES string of the molecule is CC(O)(CNC(=O)CSCC(=O)O)c1ccc(F)cc1F. The van der Waals surface area contributed by atoms with Gasteiger partial charge in [0.2, 0.25) is 5.91 Å². The molecule has 116 valence electrons. The maximum atomic E-state index is 13.6. The quantitative estimate of drug-likeness (QED) is 0.701. The van der Waals surface area contributed by atoms with E-state index in [9.17, 15) is 23.5 Å². The van der Waals surface area contributed by atoms with Gasteiger partial charge >= 0.3 is 5.97 Å². The number of aliphatic hydroxyl groups is 1. The Morgan fingerprint density at radius 2 is 2.00 bits per heavy atom. The van der Waals surface area contributed by atoms with Gasteiger partial charge in [0.05, 0.1) is 18.1 Å². The highest BCUT2D eigenvalue weighted by Crippen LogP contribution is 2.23. The van der Waals surface area contributed by atoms with Gasteiger partial charge in [0.15, 0.2) is 0 Å². The Morgan fingerprint density at radius 3 is 2.57 bits per heavy atom. The number of hydrogen-bond acceptors (Lipinski definition) is 4. The van der Waals surface area contributed by atoms with Crippen LogP contribution in [-0.2, 0) is 15.2 Å². The molecular formula is C13H15F2NO4S. The van der Waals surface area contributed by atoms with E-state index in [1.807, 2.05) is 0 Å². The molecule has 1 rings (SSSR count). The fraction of sp³-hybridized carbons (Fsp3) is 0.385. The molecule has 1 amide bonds. The summed E-state index contributed by atoms with van der Waals surface area (Å²) in [7, 11) is 0. The Morgan fingerprint density at radius 1 is 1.33 bits per heavy atom. The van der Waals surface area contributed by atoms with Gasteiger partial charge in [0.1, 0.15) is 17.2 Å². The van der Waals surface area contributed by atoms with Crippen LogP contribution in [0.5, 0.6) is 0 Å². The van der Waals surface area contributed by atoms with E-state index in [1.165, 1.54) is 6.92 Å². The molecule has 0 radical (unpaired) electrons. The van der Waals surface area contributed by atoms with Crippen LogP contribution in [0.25, 0.3) is 0 Å². The summed E-state index contributed by atoms with van der Waals surface area (Å²) >= 11 is 0.904. The van der Waals surface area contributed by atoms with Crippen LogP contribution in [0.2, 0.25) is 0 Å². The molecule has 1 atom stereocenters. The van der Waals surface area contributed by atoms with Crippen molar-refractivity contribution in [3.05, 3.63) is 35.4 Å². The lowest BCUT2D eigenvalue weighted by atomic mass is 9.95. The van der Waals surface area contributed by atoms with E-state index in [0.717, 1.165) is 23.9 Å². The Hall–Kier alpha value is -1.67. The average molecular weight is 319 g/mol. The highest BCUT2D eigenvalue weighted by atomic mass is 32.2. The number of benzene rings is 1.